The molecule has 1 aromatic rings. The second-order valence-corrected chi connectivity index (χ2v) is 4.66. The van der Waals surface area contributed by atoms with Gasteiger partial charge in [0.05, 0.1) is 12.7 Å². The summed E-state index contributed by atoms with van der Waals surface area (Å²) in [6.07, 6.45) is 1.70. The van der Waals surface area contributed by atoms with Crippen molar-refractivity contribution >= 4 is 17.7 Å². The Bertz CT molecular complexity index is 455. The van der Waals surface area contributed by atoms with E-state index in [0.717, 1.165) is 24.3 Å². The highest BCUT2D eigenvalue weighted by molar-refractivity contribution is 5.96. The first kappa shape index (κ1) is 15.2. The number of hydrogen-bond acceptors (Lipinski definition) is 4. The second kappa shape index (κ2) is 6.95. The molecule has 0 fully saturated rings. The second-order valence-electron chi connectivity index (χ2n) is 4.66. The number of ether oxygens (including phenoxy) is 1. The molecular weight excluding hydrogens is 240 g/mol. The van der Waals surface area contributed by atoms with E-state index in [0.29, 0.717) is 5.56 Å². The Morgan fingerprint density at radius 2 is 2.00 bits per heavy atom. The summed E-state index contributed by atoms with van der Waals surface area (Å²) in [5.74, 6) is -0.335. The van der Waals surface area contributed by atoms with Crippen LogP contribution >= 0.6 is 0 Å². The number of rotatable bonds is 6. The van der Waals surface area contributed by atoms with Crippen molar-refractivity contribution in [1.29, 1.82) is 0 Å². The zero-order chi connectivity index (χ0) is 14.4. The van der Waals surface area contributed by atoms with Crippen LogP contribution in [0.2, 0.25) is 0 Å². The molecule has 0 bridgehead atoms. The molecule has 0 unspecified atom stereocenters. The van der Waals surface area contributed by atoms with Crippen LogP contribution in [0.3, 0.4) is 0 Å². The summed E-state index contributed by atoms with van der Waals surface area (Å²) in [6, 6.07) is 5.60. The molecule has 0 aliphatic rings. The van der Waals surface area contributed by atoms with Gasteiger partial charge in [-0.3, -0.25) is 0 Å². The van der Waals surface area contributed by atoms with Gasteiger partial charge in [0.2, 0.25) is 0 Å². The average molecular weight is 262 g/mol. The highest BCUT2D eigenvalue weighted by Gasteiger charge is 2.15. The number of benzene rings is 1. The molecule has 1 aromatic carbocycles. The molecule has 0 atom stereocenters. The van der Waals surface area contributed by atoms with E-state index >= 15 is 0 Å². The Hall–Kier alpha value is -1.81. The lowest BCUT2D eigenvalue weighted by Gasteiger charge is -2.24. The molecular formula is C15H22N2O2. The predicted molar refractivity (Wildman–Crippen MR) is 79.7 cm³/mol. The van der Waals surface area contributed by atoms with Crippen LogP contribution in [-0.2, 0) is 4.74 Å². The van der Waals surface area contributed by atoms with Crippen LogP contribution in [0.15, 0.2) is 24.8 Å². The molecule has 0 radical (unpaired) electrons. The van der Waals surface area contributed by atoms with Gasteiger partial charge in [-0.2, -0.15) is 0 Å². The maximum Gasteiger partial charge on any atom is 0.338 e. The molecule has 0 heterocycles. The Balaban J connectivity index is 3.06. The summed E-state index contributed by atoms with van der Waals surface area (Å²) >= 11 is 0. The van der Waals surface area contributed by atoms with Crippen LogP contribution < -0.4 is 4.90 Å². The van der Waals surface area contributed by atoms with E-state index in [1.807, 2.05) is 33.3 Å². The van der Waals surface area contributed by atoms with Gasteiger partial charge in [-0.25, -0.2) is 4.79 Å². The van der Waals surface area contributed by atoms with Gasteiger partial charge in [0.1, 0.15) is 0 Å². The van der Waals surface area contributed by atoms with Crippen molar-refractivity contribution in [2.45, 2.75) is 0 Å². The lowest BCUT2D eigenvalue weighted by molar-refractivity contribution is 0.0600. The average Bonchev–Trinajstić information content (AvgIpc) is 2.42. The van der Waals surface area contributed by atoms with Crippen LogP contribution in [-0.4, -0.2) is 52.2 Å². The Labute approximate surface area is 115 Å². The van der Waals surface area contributed by atoms with E-state index in [1.165, 1.54) is 7.11 Å². The fourth-order valence-corrected chi connectivity index (χ4v) is 1.86. The van der Waals surface area contributed by atoms with Gasteiger partial charge in [0.15, 0.2) is 0 Å². The summed E-state index contributed by atoms with van der Waals surface area (Å²) < 4.78 is 4.80. The molecule has 1 rings (SSSR count). The predicted octanol–water partition coefficient (Wildman–Crippen LogP) is 2.11. The van der Waals surface area contributed by atoms with Crippen molar-refractivity contribution in [3.05, 3.63) is 35.9 Å². The SMILES string of the molecule is C=Cc1c(C(=O)OC)cccc1N(C)CCN(C)C. The van der Waals surface area contributed by atoms with Gasteiger partial charge in [-0.15, -0.1) is 0 Å². The van der Waals surface area contributed by atoms with Crippen LogP contribution in [0.4, 0.5) is 5.69 Å². The fraction of sp³-hybridized carbons (Fsp3) is 0.400. The maximum absolute atomic E-state index is 11.7. The summed E-state index contributed by atoms with van der Waals surface area (Å²) in [5.41, 5.74) is 2.35. The maximum atomic E-state index is 11.7. The Morgan fingerprint density at radius 1 is 1.32 bits per heavy atom. The van der Waals surface area contributed by atoms with Crippen molar-refractivity contribution in [1.82, 2.24) is 4.90 Å². The van der Waals surface area contributed by atoms with Crippen molar-refractivity contribution in [3.63, 3.8) is 0 Å². The minimum Gasteiger partial charge on any atom is -0.465 e. The third-order valence-corrected chi connectivity index (χ3v) is 2.99. The minimum absolute atomic E-state index is 0.335. The monoisotopic (exact) mass is 262 g/mol. The smallest absolute Gasteiger partial charge is 0.338 e. The number of methoxy groups -OCH3 is 1. The first-order valence-corrected chi connectivity index (χ1v) is 6.21. The van der Waals surface area contributed by atoms with E-state index in [1.54, 1.807) is 12.1 Å². The lowest BCUT2D eigenvalue weighted by atomic mass is 10.0. The molecule has 4 heteroatoms. The molecule has 0 spiro atoms. The van der Waals surface area contributed by atoms with E-state index in [9.17, 15) is 4.79 Å². The van der Waals surface area contributed by atoms with Crippen molar-refractivity contribution < 1.29 is 9.53 Å². The number of carbonyl (C=O) groups is 1. The van der Waals surface area contributed by atoms with Crippen LogP contribution in [0.1, 0.15) is 15.9 Å². The molecule has 0 N–H and O–H groups in total. The highest BCUT2D eigenvalue weighted by Crippen LogP contribution is 2.24. The summed E-state index contributed by atoms with van der Waals surface area (Å²) in [4.78, 5) is 16.0. The molecule has 104 valence electrons. The molecule has 0 aliphatic heterocycles. The first-order chi connectivity index (χ1) is 9.01. The quantitative estimate of drug-likeness (QED) is 0.735. The van der Waals surface area contributed by atoms with E-state index in [2.05, 4.69) is 16.4 Å². The molecule has 19 heavy (non-hydrogen) atoms. The molecule has 4 nitrogen and oxygen atoms in total. The van der Waals surface area contributed by atoms with Crippen molar-refractivity contribution in [2.24, 2.45) is 0 Å². The Morgan fingerprint density at radius 3 is 2.53 bits per heavy atom. The van der Waals surface area contributed by atoms with Gasteiger partial charge in [-0.05, 0) is 26.2 Å². The summed E-state index contributed by atoms with van der Waals surface area (Å²) in [7, 11) is 7.46. The summed E-state index contributed by atoms with van der Waals surface area (Å²) in [5, 5.41) is 0. The largest absolute Gasteiger partial charge is 0.465 e. The molecule has 0 aromatic heterocycles. The zero-order valence-corrected chi connectivity index (χ0v) is 12.1. The standard InChI is InChI=1S/C15H22N2O2/c1-6-12-13(15(18)19-5)8-7-9-14(12)17(4)11-10-16(2)3/h6-9H,1,10-11H2,2-5H3. The minimum atomic E-state index is -0.335. The van der Waals surface area contributed by atoms with Crippen LogP contribution in [0.25, 0.3) is 6.08 Å². The van der Waals surface area contributed by atoms with E-state index in [4.69, 9.17) is 4.74 Å². The molecule has 0 saturated heterocycles. The number of nitrogens with zero attached hydrogens (tertiary/aromatic N) is 2. The number of likely N-dealkylation sites (N-methyl/N-ethyl adjacent to an activating group) is 2. The fourth-order valence-electron chi connectivity index (χ4n) is 1.86. The number of hydrogen-bond donors (Lipinski definition) is 0. The van der Waals surface area contributed by atoms with Gasteiger partial charge < -0.3 is 14.5 Å². The van der Waals surface area contributed by atoms with Crippen LogP contribution in [0.5, 0.6) is 0 Å². The van der Waals surface area contributed by atoms with Gasteiger partial charge in [0, 0.05) is 31.4 Å². The molecule has 0 aliphatic carbocycles. The van der Waals surface area contributed by atoms with E-state index < -0.39 is 0 Å². The third-order valence-electron chi connectivity index (χ3n) is 2.99. The molecule has 0 saturated carbocycles. The van der Waals surface area contributed by atoms with Crippen molar-refractivity contribution in [2.75, 3.05) is 46.2 Å². The van der Waals surface area contributed by atoms with Gasteiger partial charge >= 0.3 is 5.97 Å². The molecule has 0 amide bonds. The number of carbonyl (C=O) groups excluding carboxylic acids is 1. The van der Waals surface area contributed by atoms with Gasteiger partial charge in [0.25, 0.3) is 0 Å². The van der Waals surface area contributed by atoms with Gasteiger partial charge in [-0.1, -0.05) is 18.7 Å². The lowest BCUT2D eigenvalue weighted by Crippen LogP contribution is -2.29. The topological polar surface area (TPSA) is 32.8 Å². The Kier molecular flexibility index (Phi) is 5.57. The number of anilines is 1. The van der Waals surface area contributed by atoms with Crippen LogP contribution in [0, 0.1) is 0 Å². The number of esters is 1. The van der Waals surface area contributed by atoms with E-state index in [-0.39, 0.29) is 5.97 Å². The highest BCUT2D eigenvalue weighted by atomic mass is 16.5. The first-order valence-electron chi connectivity index (χ1n) is 6.21. The normalized spacial score (nSPS) is 10.4. The zero-order valence-electron chi connectivity index (χ0n) is 12.1. The summed E-state index contributed by atoms with van der Waals surface area (Å²) in [6.45, 7) is 5.62. The third kappa shape index (κ3) is 3.83. The van der Waals surface area contributed by atoms with Crippen molar-refractivity contribution in [3.8, 4) is 0 Å².